The second kappa shape index (κ2) is 6.78. The molecule has 2 fully saturated rings. The number of carbonyl (C=O) groups excluding carboxylic acids is 1. The van der Waals surface area contributed by atoms with E-state index in [1.807, 2.05) is 0 Å². The van der Waals surface area contributed by atoms with Crippen molar-refractivity contribution < 1.29 is 19.4 Å². The molecule has 6 nitrogen and oxygen atoms in total. The van der Waals surface area contributed by atoms with E-state index in [9.17, 15) is 14.7 Å². The largest absolute Gasteiger partial charge is 0.480 e. The van der Waals surface area contributed by atoms with Crippen LogP contribution in [0.2, 0.25) is 0 Å². The van der Waals surface area contributed by atoms with Gasteiger partial charge in [-0.05, 0) is 65.2 Å². The summed E-state index contributed by atoms with van der Waals surface area (Å²) >= 11 is 0. The van der Waals surface area contributed by atoms with Crippen LogP contribution in [0.25, 0.3) is 0 Å². The predicted molar refractivity (Wildman–Crippen MR) is 96.6 cm³/mol. The van der Waals surface area contributed by atoms with Crippen molar-refractivity contribution >= 4 is 12.1 Å². The van der Waals surface area contributed by atoms with Crippen LogP contribution in [0.15, 0.2) is 0 Å². The molecule has 1 heterocycles. The lowest BCUT2D eigenvalue weighted by molar-refractivity contribution is -0.148. The first-order chi connectivity index (χ1) is 11.3. The zero-order chi connectivity index (χ0) is 19.0. The Morgan fingerprint density at radius 3 is 2.16 bits per heavy atom. The van der Waals surface area contributed by atoms with E-state index >= 15 is 0 Å². The van der Waals surface area contributed by atoms with Crippen LogP contribution in [0, 0.1) is 5.41 Å². The number of nitrogens with zero attached hydrogens (tertiary/aromatic N) is 1. The number of hydrogen-bond acceptors (Lipinski definition) is 4. The number of carbonyl (C=O) groups is 2. The van der Waals surface area contributed by atoms with E-state index in [-0.39, 0.29) is 6.04 Å². The summed E-state index contributed by atoms with van der Waals surface area (Å²) in [7, 11) is 0. The van der Waals surface area contributed by atoms with Gasteiger partial charge in [0.15, 0.2) is 0 Å². The molecule has 2 rings (SSSR count). The molecule has 1 amide bonds. The van der Waals surface area contributed by atoms with Crippen molar-refractivity contribution in [2.75, 3.05) is 6.54 Å². The summed E-state index contributed by atoms with van der Waals surface area (Å²) in [6.07, 6.45) is 4.39. The summed E-state index contributed by atoms with van der Waals surface area (Å²) < 4.78 is 5.43. The molecule has 6 heteroatoms. The highest BCUT2D eigenvalue weighted by Gasteiger charge is 2.51. The smallest absolute Gasteiger partial charge is 0.411 e. The van der Waals surface area contributed by atoms with E-state index in [1.54, 1.807) is 27.7 Å². The molecule has 1 aliphatic heterocycles. The number of amides is 1. The number of rotatable bonds is 3. The van der Waals surface area contributed by atoms with Gasteiger partial charge in [0, 0.05) is 18.6 Å². The summed E-state index contributed by atoms with van der Waals surface area (Å²) in [4.78, 5) is 25.7. The lowest BCUT2D eigenvalue weighted by Gasteiger charge is -2.36. The van der Waals surface area contributed by atoms with Crippen molar-refractivity contribution in [3.63, 3.8) is 0 Å². The molecule has 2 aliphatic rings. The van der Waals surface area contributed by atoms with Crippen LogP contribution in [0.1, 0.15) is 73.6 Å². The number of aliphatic carboxylic acids is 1. The molecule has 1 aliphatic carbocycles. The Kier molecular flexibility index (Phi) is 5.43. The SMILES string of the molecule is CC1(C)CCC(N[C@@H]2CN(C(=O)OC(C)(C)C)[C@](C)(C(=O)O)C2)CC1. The van der Waals surface area contributed by atoms with Crippen LogP contribution in [0.5, 0.6) is 0 Å². The normalized spacial score (nSPS) is 30.3. The van der Waals surface area contributed by atoms with Gasteiger partial charge in [-0.3, -0.25) is 4.90 Å². The van der Waals surface area contributed by atoms with Crippen molar-refractivity contribution in [1.82, 2.24) is 10.2 Å². The summed E-state index contributed by atoms with van der Waals surface area (Å²) in [5, 5.41) is 13.3. The molecule has 0 aromatic rings. The summed E-state index contributed by atoms with van der Waals surface area (Å²) in [5.74, 6) is -0.979. The fourth-order valence-electron chi connectivity index (χ4n) is 3.88. The van der Waals surface area contributed by atoms with Gasteiger partial charge in [0.2, 0.25) is 0 Å². The van der Waals surface area contributed by atoms with Crippen LogP contribution in [-0.2, 0) is 9.53 Å². The molecule has 0 aromatic carbocycles. The summed E-state index contributed by atoms with van der Waals surface area (Å²) in [6.45, 7) is 12.0. The van der Waals surface area contributed by atoms with E-state index in [1.165, 1.54) is 17.7 Å². The van der Waals surface area contributed by atoms with E-state index in [0.717, 1.165) is 12.8 Å². The molecule has 0 spiro atoms. The standard InChI is InChI=1S/C19H34N2O4/c1-17(2,3)25-16(24)21-12-14(11-19(21,6)15(22)23)20-13-7-9-18(4,5)10-8-13/h13-14,20H,7-12H2,1-6H3,(H,22,23)/t14-,19-/m0/s1. The number of hydrogen-bond donors (Lipinski definition) is 2. The average molecular weight is 354 g/mol. The van der Waals surface area contributed by atoms with Gasteiger partial charge in [0.05, 0.1) is 0 Å². The van der Waals surface area contributed by atoms with Crippen molar-refractivity contribution in [3.05, 3.63) is 0 Å². The van der Waals surface area contributed by atoms with Crippen molar-refractivity contribution in [1.29, 1.82) is 0 Å². The van der Waals surface area contributed by atoms with Gasteiger partial charge in [-0.15, -0.1) is 0 Å². The number of carboxylic acids is 1. The highest BCUT2D eigenvalue weighted by molar-refractivity contribution is 5.85. The summed E-state index contributed by atoms with van der Waals surface area (Å²) in [5.41, 5.74) is -1.48. The molecular weight excluding hydrogens is 320 g/mol. The first-order valence-electron chi connectivity index (χ1n) is 9.32. The van der Waals surface area contributed by atoms with Gasteiger partial charge >= 0.3 is 12.1 Å². The molecule has 2 N–H and O–H groups in total. The zero-order valence-corrected chi connectivity index (χ0v) is 16.5. The number of nitrogens with one attached hydrogen (secondary N) is 1. The Morgan fingerprint density at radius 2 is 1.68 bits per heavy atom. The van der Waals surface area contributed by atoms with E-state index in [4.69, 9.17) is 4.74 Å². The lowest BCUT2D eigenvalue weighted by atomic mass is 9.75. The average Bonchev–Trinajstić information content (AvgIpc) is 2.78. The third-order valence-electron chi connectivity index (χ3n) is 5.53. The maximum Gasteiger partial charge on any atom is 0.411 e. The van der Waals surface area contributed by atoms with E-state index in [2.05, 4.69) is 19.2 Å². The highest BCUT2D eigenvalue weighted by atomic mass is 16.6. The Morgan fingerprint density at radius 1 is 1.12 bits per heavy atom. The van der Waals surface area contributed by atoms with E-state index in [0.29, 0.717) is 24.4 Å². The van der Waals surface area contributed by atoms with Gasteiger partial charge in [-0.2, -0.15) is 0 Å². The van der Waals surface area contributed by atoms with E-state index < -0.39 is 23.2 Å². The van der Waals surface area contributed by atoms with Crippen LogP contribution in [-0.4, -0.2) is 51.8 Å². The maximum atomic E-state index is 12.5. The second-order valence-electron chi connectivity index (χ2n) is 9.68. The van der Waals surface area contributed by atoms with Crippen molar-refractivity contribution in [2.24, 2.45) is 5.41 Å². The first-order valence-corrected chi connectivity index (χ1v) is 9.32. The molecule has 0 unspecified atom stereocenters. The third kappa shape index (κ3) is 4.87. The molecule has 0 radical (unpaired) electrons. The minimum atomic E-state index is -1.23. The lowest BCUT2D eigenvalue weighted by Crippen LogP contribution is -2.52. The zero-order valence-electron chi connectivity index (χ0n) is 16.5. The fourth-order valence-corrected chi connectivity index (χ4v) is 3.88. The Labute approximate surface area is 151 Å². The number of carboxylic acid groups (broad SMARTS) is 1. The Bertz CT molecular complexity index is 516. The molecule has 1 saturated heterocycles. The minimum Gasteiger partial charge on any atom is -0.480 e. The first kappa shape index (κ1) is 20.0. The van der Waals surface area contributed by atoms with Crippen LogP contribution in [0.3, 0.4) is 0 Å². The molecule has 0 bridgehead atoms. The van der Waals surface area contributed by atoms with Crippen LogP contribution in [0.4, 0.5) is 4.79 Å². The van der Waals surface area contributed by atoms with Crippen molar-refractivity contribution in [2.45, 2.75) is 96.9 Å². The number of likely N-dealkylation sites (tertiary alicyclic amines) is 1. The third-order valence-corrected chi connectivity index (χ3v) is 5.53. The van der Waals surface area contributed by atoms with Gasteiger partial charge in [-0.25, -0.2) is 9.59 Å². The molecule has 25 heavy (non-hydrogen) atoms. The summed E-state index contributed by atoms with van der Waals surface area (Å²) in [6, 6.07) is 0.384. The van der Waals surface area contributed by atoms with Gasteiger partial charge < -0.3 is 15.2 Å². The van der Waals surface area contributed by atoms with Gasteiger partial charge in [0.1, 0.15) is 11.1 Å². The Balaban J connectivity index is 2.04. The van der Waals surface area contributed by atoms with Crippen LogP contribution < -0.4 is 5.32 Å². The molecule has 2 atom stereocenters. The topological polar surface area (TPSA) is 78.9 Å². The van der Waals surface area contributed by atoms with Gasteiger partial charge in [-0.1, -0.05) is 13.8 Å². The monoisotopic (exact) mass is 354 g/mol. The molecule has 1 saturated carbocycles. The van der Waals surface area contributed by atoms with Gasteiger partial charge in [0.25, 0.3) is 0 Å². The predicted octanol–water partition coefficient (Wildman–Crippen LogP) is 3.40. The highest BCUT2D eigenvalue weighted by Crippen LogP contribution is 2.37. The fraction of sp³-hybridized carbons (Fsp3) is 0.895. The molecule has 0 aromatic heterocycles. The maximum absolute atomic E-state index is 12.5. The minimum absolute atomic E-state index is 0.0140. The van der Waals surface area contributed by atoms with Crippen molar-refractivity contribution in [3.8, 4) is 0 Å². The molecule has 144 valence electrons. The quantitative estimate of drug-likeness (QED) is 0.812. The number of ether oxygens (including phenoxy) is 1. The molecular formula is C19H34N2O4. The van der Waals surface area contributed by atoms with Crippen LogP contribution >= 0.6 is 0 Å². The Hall–Kier alpha value is -1.30. The second-order valence-corrected chi connectivity index (χ2v) is 9.68.